The van der Waals surface area contributed by atoms with Gasteiger partial charge in [0.05, 0.1) is 10.8 Å². The Morgan fingerprint density at radius 1 is 0.912 bits per heavy atom. The summed E-state index contributed by atoms with van der Waals surface area (Å²) in [5.41, 5.74) is 3.59. The molecule has 2 aliphatic carbocycles. The lowest BCUT2D eigenvalue weighted by Crippen LogP contribution is -2.47. The Kier molecular flexibility index (Phi) is 7.30. The number of hydrogen-bond acceptors (Lipinski definition) is 3. The van der Waals surface area contributed by atoms with Crippen LogP contribution in [0.2, 0.25) is 0 Å². The summed E-state index contributed by atoms with van der Waals surface area (Å²) in [5.74, 6) is -0.224. The summed E-state index contributed by atoms with van der Waals surface area (Å²) in [7, 11) is -3.64. The molecule has 1 unspecified atom stereocenters. The van der Waals surface area contributed by atoms with Gasteiger partial charge in [-0.1, -0.05) is 38.5 Å². The highest BCUT2D eigenvalue weighted by molar-refractivity contribution is 7.89. The molecule has 34 heavy (non-hydrogen) atoms. The molecular weight excluding hydrogens is 446 g/mol. The largest absolute Gasteiger partial charge is 0.358 e. The monoisotopic (exact) mass is 485 g/mol. The van der Waals surface area contributed by atoms with E-state index in [0.717, 1.165) is 55.8 Å². The topological polar surface area (TPSA) is 82.3 Å². The molecule has 0 bridgehead atoms. The normalized spacial score (nSPS) is 23.6. The number of carbonyl (C=O) groups excluding carboxylic acids is 1. The van der Waals surface area contributed by atoms with Crippen LogP contribution in [0.3, 0.4) is 0 Å². The molecule has 0 spiro atoms. The van der Waals surface area contributed by atoms with Gasteiger partial charge in [0, 0.05) is 35.7 Å². The number of benzene rings is 1. The summed E-state index contributed by atoms with van der Waals surface area (Å²) < 4.78 is 28.8. The molecule has 186 valence electrons. The number of nitrogens with zero attached hydrogens (tertiary/aromatic N) is 1. The summed E-state index contributed by atoms with van der Waals surface area (Å²) in [6, 6.07) is 5.75. The van der Waals surface area contributed by atoms with Crippen LogP contribution in [0, 0.1) is 5.92 Å². The number of aryl methyl sites for hydroxylation is 2. The Labute approximate surface area is 203 Å². The van der Waals surface area contributed by atoms with Crippen molar-refractivity contribution in [2.75, 3.05) is 13.1 Å². The average Bonchev–Trinajstić information content (AvgIpc) is 3.00. The average molecular weight is 486 g/mol. The number of nitrogens with one attached hydrogen (secondary N) is 2. The Hall–Kier alpha value is -1.86. The second-order valence-corrected chi connectivity index (χ2v) is 12.5. The maximum absolute atomic E-state index is 13.6. The minimum absolute atomic E-state index is 0.0388. The van der Waals surface area contributed by atoms with E-state index < -0.39 is 10.0 Å². The van der Waals surface area contributed by atoms with Crippen molar-refractivity contribution in [1.29, 1.82) is 0 Å². The Morgan fingerprint density at radius 3 is 2.47 bits per heavy atom. The summed E-state index contributed by atoms with van der Waals surface area (Å²) in [6.45, 7) is 0.767. The van der Waals surface area contributed by atoms with Crippen LogP contribution >= 0.6 is 0 Å². The molecule has 1 aromatic carbocycles. The van der Waals surface area contributed by atoms with Crippen LogP contribution in [0.25, 0.3) is 10.9 Å². The molecule has 1 atom stereocenters. The SMILES string of the molecule is O=C(NC1CCCCCCC1)C1CCCN(S(=O)(=O)c2ccc3[nH]c4c(c3c2)CCCCC4)C1. The van der Waals surface area contributed by atoms with Crippen molar-refractivity contribution < 1.29 is 13.2 Å². The summed E-state index contributed by atoms with van der Waals surface area (Å²) >= 11 is 0. The van der Waals surface area contributed by atoms with Gasteiger partial charge >= 0.3 is 0 Å². The molecule has 2 aromatic rings. The van der Waals surface area contributed by atoms with E-state index in [1.807, 2.05) is 12.1 Å². The highest BCUT2D eigenvalue weighted by atomic mass is 32.2. The van der Waals surface area contributed by atoms with Crippen LogP contribution in [0.1, 0.15) is 88.3 Å². The standard InChI is InChI=1S/C27H39N3O3S/c31-27(28-21-11-5-2-1-3-6-12-21)20-10-9-17-30(19-20)34(32,33)22-15-16-26-24(18-22)23-13-7-4-8-14-25(23)29-26/h15-16,18,20-21,29H,1-14,17,19H2,(H,28,31). The predicted molar refractivity (Wildman–Crippen MR) is 135 cm³/mol. The van der Waals surface area contributed by atoms with Gasteiger partial charge in [0.2, 0.25) is 15.9 Å². The molecule has 6 nitrogen and oxygen atoms in total. The highest BCUT2D eigenvalue weighted by Gasteiger charge is 2.34. The van der Waals surface area contributed by atoms with Crippen molar-refractivity contribution >= 4 is 26.8 Å². The first-order valence-corrected chi connectivity index (χ1v) is 14.9. The van der Waals surface area contributed by atoms with Gasteiger partial charge in [0.1, 0.15) is 0 Å². The lowest BCUT2D eigenvalue weighted by molar-refractivity contribution is -0.126. The van der Waals surface area contributed by atoms with Gasteiger partial charge in [-0.05, 0) is 75.1 Å². The molecule has 3 aliphatic rings. The van der Waals surface area contributed by atoms with E-state index in [2.05, 4.69) is 10.3 Å². The van der Waals surface area contributed by atoms with Gasteiger partial charge in [-0.3, -0.25) is 4.79 Å². The first-order valence-electron chi connectivity index (χ1n) is 13.5. The zero-order chi connectivity index (χ0) is 23.5. The fraction of sp³-hybridized carbons (Fsp3) is 0.667. The molecule has 2 N–H and O–H groups in total. The number of hydrogen-bond donors (Lipinski definition) is 2. The third kappa shape index (κ3) is 5.06. The van der Waals surface area contributed by atoms with Crippen LogP contribution in [-0.2, 0) is 27.7 Å². The van der Waals surface area contributed by atoms with E-state index in [4.69, 9.17) is 0 Å². The first-order chi connectivity index (χ1) is 16.5. The van der Waals surface area contributed by atoms with Crippen molar-refractivity contribution in [3.8, 4) is 0 Å². The van der Waals surface area contributed by atoms with E-state index in [0.29, 0.717) is 11.4 Å². The number of rotatable bonds is 4. The van der Waals surface area contributed by atoms with Gasteiger partial charge in [0.25, 0.3) is 0 Å². The van der Waals surface area contributed by atoms with E-state index in [1.165, 1.54) is 56.2 Å². The Bertz CT molecular complexity index is 1120. The van der Waals surface area contributed by atoms with Crippen LogP contribution in [-0.4, -0.2) is 42.7 Å². The van der Waals surface area contributed by atoms with Crippen LogP contribution in [0.15, 0.2) is 23.1 Å². The Morgan fingerprint density at radius 2 is 1.65 bits per heavy atom. The van der Waals surface area contributed by atoms with Gasteiger partial charge in [0.15, 0.2) is 0 Å². The highest BCUT2D eigenvalue weighted by Crippen LogP contribution is 2.32. The molecule has 1 amide bonds. The fourth-order valence-corrected chi connectivity index (χ4v) is 7.72. The molecule has 1 saturated carbocycles. The van der Waals surface area contributed by atoms with Gasteiger partial charge in [-0.25, -0.2) is 8.42 Å². The molecule has 1 aromatic heterocycles. The van der Waals surface area contributed by atoms with Gasteiger partial charge in [-0.2, -0.15) is 4.31 Å². The van der Waals surface area contributed by atoms with Gasteiger partial charge < -0.3 is 10.3 Å². The molecule has 2 heterocycles. The molecule has 7 heteroatoms. The van der Waals surface area contributed by atoms with Crippen LogP contribution in [0.5, 0.6) is 0 Å². The van der Waals surface area contributed by atoms with E-state index in [1.54, 1.807) is 10.4 Å². The van der Waals surface area contributed by atoms with Crippen molar-refractivity contribution in [1.82, 2.24) is 14.6 Å². The third-order valence-electron chi connectivity index (χ3n) is 8.16. The van der Waals surface area contributed by atoms with Crippen molar-refractivity contribution in [2.24, 2.45) is 5.92 Å². The number of aromatic nitrogens is 1. The van der Waals surface area contributed by atoms with Crippen molar-refractivity contribution in [2.45, 2.75) is 101 Å². The summed E-state index contributed by atoms with van der Waals surface area (Å²) in [6.07, 6.45) is 15.3. The summed E-state index contributed by atoms with van der Waals surface area (Å²) in [4.78, 5) is 16.9. The fourth-order valence-electron chi connectivity index (χ4n) is 6.17. The minimum atomic E-state index is -3.64. The smallest absolute Gasteiger partial charge is 0.243 e. The zero-order valence-electron chi connectivity index (χ0n) is 20.3. The molecular formula is C27H39N3O3S. The number of carbonyl (C=O) groups is 1. The molecule has 5 rings (SSSR count). The lowest BCUT2D eigenvalue weighted by atomic mass is 9.94. The molecule has 1 aliphatic heterocycles. The predicted octanol–water partition coefficient (Wildman–Crippen LogP) is 5.07. The van der Waals surface area contributed by atoms with Crippen LogP contribution in [0.4, 0.5) is 0 Å². The second kappa shape index (κ2) is 10.4. The minimum Gasteiger partial charge on any atom is -0.358 e. The quantitative estimate of drug-likeness (QED) is 0.594. The molecule has 0 radical (unpaired) electrons. The van der Waals surface area contributed by atoms with E-state index in [9.17, 15) is 13.2 Å². The maximum Gasteiger partial charge on any atom is 0.243 e. The Balaban J connectivity index is 1.31. The van der Waals surface area contributed by atoms with Crippen molar-refractivity contribution in [3.63, 3.8) is 0 Å². The molecule has 2 fully saturated rings. The van der Waals surface area contributed by atoms with Crippen LogP contribution < -0.4 is 5.32 Å². The zero-order valence-corrected chi connectivity index (χ0v) is 21.1. The maximum atomic E-state index is 13.6. The second-order valence-electron chi connectivity index (χ2n) is 10.6. The lowest BCUT2D eigenvalue weighted by Gasteiger charge is -2.32. The number of sulfonamides is 1. The number of amides is 1. The van der Waals surface area contributed by atoms with E-state index in [-0.39, 0.29) is 24.4 Å². The van der Waals surface area contributed by atoms with Crippen molar-refractivity contribution in [3.05, 3.63) is 29.5 Å². The summed E-state index contributed by atoms with van der Waals surface area (Å²) in [5, 5.41) is 4.31. The number of fused-ring (bicyclic) bond motifs is 3. The number of piperidine rings is 1. The van der Waals surface area contributed by atoms with E-state index >= 15 is 0 Å². The third-order valence-corrected chi connectivity index (χ3v) is 10.0. The first kappa shape index (κ1) is 23.9. The van der Waals surface area contributed by atoms with Gasteiger partial charge in [-0.15, -0.1) is 0 Å². The number of H-pyrrole nitrogens is 1. The molecule has 1 saturated heterocycles. The number of aromatic amines is 1.